The first-order chi connectivity index (χ1) is 15.8. The van der Waals surface area contributed by atoms with E-state index in [-0.39, 0.29) is 23.8 Å². The molecule has 1 N–H and O–H groups in total. The van der Waals surface area contributed by atoms with Gasteiger partial charge in [0.05, 0.1) is 19.0 Å². The Morgan fingerprint density at radius 2 is 1.48 bits per heavy atom. The fraction of sp³-hybridized carbons (Fsp3) is 0.310. The molecule has 0 fully saturated rings. The largest absolute Gasteiger partial charge is 0.349 e. The van der Waals surface area contributed by atoms with E-state index in [2.05, 4.69) is 38.2 Å². The molecule has 4 nitrogen and oxygen atoms in total. The van der Waals surface area contributed by atoms with Crippen LogP contribution in [0.15, 0.2) is 78.9 Å². The van der Waals surface area contributed by atoms with Gasteiger partial charge in [0.25, 0.3) is 0 Å². The van der Waals surface area contributed by atoms with Crippen LogP contribution in [0.2, 0.25) is 0 Å². The van der Waals surface area contributed by atoms with E-state index in [9.17, 15) is 9.59 Å². The van der Waals surface area contributed by atoms with Crippen molar-refractivity contribution in [2.75, 3.05) is 4.90 Å². The molecular weight excluding hydrogens is 408 g/mol. The van der Waals surface area contributed by atoms with Crippen LogP contribution in [0, 0.1) is 12.8 Å². The predicted molar refractivity (Wildman–Crippen MR) is 135 cm³/mol. The monoisotopic (exact) mass is 442 g/mol. The lowest BCUT2D eigenvalue weighted by Gasteiger charge is -2.25. The van der Waals surface area contributed by atoms with E-state index in [0.29, 0.717) is 19.4 Å². The van der Waals surface area contributed by atoms with Crippen molar-refractivity contribution in [1.29, 1.82) is 0 Å². The molecule has 33 heavy (non-hydrogen) atoms. The Hall–Kier alpha value is -3.40. The summed E-state index contributed by atoms with van der Waals surface area (Å²) in [6, 6.07) is 25.8. The second-order valence-corrected chi connectivity index (χ2v) is 9.05. The summed E-state index contributed by atoms with van der Waals surface area (Å²) in [5.41, 5.74) is 5.15. The van der Waals surface area contributed by atoms with Crippen molar-refractivity contribution in [3.63, 3.8) is 0 Å². The van der Waals surface area contributed by atoms with Gasteiger partial charge in [-0.25, -0.2) is 0 Å². The molecule has 0 spiro atoms. The summed E-state index contributed by atoms with van der Waals surface area (Å²) in [6.45, 7) is 8.70. The van der Waals surface area contributed by atoms with Gasteiger partial charge in [-0.1, -0.05) is 80.6 Å². The van der Waals surface area contributed by atoms with Crippen LogP contribution in [0.25, 0.3) is 0 Å². The second kappa shape index (κ2) is 11.5. The summed E-state index contributed by atoms with van der Waals surface area (Å²) in [4.78, 5) is 27.4. The van der Waals surface area contributed by atoms with Crippen LogP contribution in [0.3, 0.4) is 0 Å². The van der Waals surface area contributed by atoms with Gasteiger partial charge in [0.2, 0.25) is 11.8 Å². The third-order valence-electron chi connectivity index (χ3n) is 5.76. The molecule has 2 amide bonds. The Balaban J connectivity index is 1.70. The zero-order valence-electron chi connectivity index (χ0n) is 20.0. The zero-order valence-corrected chi connectivity index (χ0v) is 20.0. The lowest BCUT2D eigenvalue weighted by molar-refractivity contribution is -0.121. The van der Waals surface area contributed by atoms with Gasteiger partial charge < -0.3 is 10.2 Å². The summed E-state index contributed by atoms with van der Waals surface area (Å²) in [5.74, 6) is 0.369. The molecule has 4 heteroatoms. The number of nitrogens with zero attached hydrogens (tertiary/aromatic N) is 1. The van der Waals surface area contributed by atoms with E-state index in [0.717, 1.165) is 22.4 Å². The first kappa shape index (κ1) is 24.2. The fourth-order valence-corrected chi connectivity index (χ4v) is 3.84. The first-order valence-corrected chi connectivity index (χ1v) is 11.6. The maximum absolute atomic E-state index is 13.1. The minimum Gasteiger partial charge on any atom is -0.349 e. The number of amides is 2. The standard InChI is InChI=1S/C29H34N2O2/c1-21(2)18-29(33)31(20-26-13-9-8-10-22(26)3)27-16-14-24(15-17-27)19-28(32)30-23(4)25-11-6-5-7-12-25/h5-17,21,23H,18-20H2,1-4H3,(H,30,32)/t23-/m1/s1. The van der Waals surface area contributed by atoms with Crippen LogP contribution >= 0.6 is 0 Å². The molecule has 0 saturated heterocycles. The number of aryl methyl sites for hydroxylation is 1. The van der Waals surface area contributed by atoms with Gasteiger partial charge in [-0.2, -0.15) is 0 Å². The van der Waals surface area contributed by atoms with E-state index in [1.54, 1.807) is 0 Å². The molecule has 0 aromatic heterocycles. The van der Waals surface area contributed by atoms with Gasteiger partial charge in [0.1, 0.15) is 0 Å². The molecule has 1 atom stereocenters. The van der Waals surface area contributed by atoms with Crippen molar-refractivity contribution >= 4 is 17.5 Å². The van der Waals surface area contributed by atoms with Crippen LogP contribution < -0.4 is 10.2 Å². The highest BCUT2D eigenvalue weighted by atomic mass is 16.2. The van der Waals surface area contributed by atoms with Gasteiger partial charge in [-0.3, -0.25) is 9.59 Å². The second-order valence-electron chi connectivity index (χ2n) is 9.05. The highest BCUT2D eigenvalue weighted by Crippen LogP contribution is 2.22. The molecule has 0 radical (unpaired) electrons. The van der Waals surface area contributed by atoms with Crippen LogP contribution in [0.5, 0.6) is 0 Å². The normalized spacial score (nSPS) is 11.8. The van der Waals surface area contributed by atoms with Crippen molar-refractivity contribution < 1.29 is 9.59 Å². The Morgan fingerprint density at radius 3 is 2.12 bits per heavy atom. The minimum atomic E-state index is -0.0452. The van der Waals surface area contributed by atoms with Crippen molar-refractivity contribution in [2.24, 2.45) is 5.92 Å². The summed E-state index contributed by atoms with van der Waals surface area (Å²) >= 11 is 0. The van der Waals surface area contributed by atoms with Gasteiger partial charge in [0, 0.05) is 12.1 Å². The van der Waals surface area contributed by atoms with Crippen LogP contribution in [-0.2, 0) is 22.6 Å². The zero-order chi connectivity index (χ0) is 23.8. The Bertz CT molecular complexity index is 1060. The number of hydrogen-bond acceptors (Lipinski definition) is 2. The van der Waals surface area contributed by atoms with Crippen LogP contribution in [-0.4, -0.2) is 11.8 Å². The smallest absolute Gasteiger partial charge is 0.227 e. The predicted octanol–water partition coefficient (Wildman–Crippen LogP) is 5.99. The van der Waals surface area contributed by atoms with Gasteiger partial charge in [-0.05, 0) is 54.2 Å². The maximum atomic E-state index is 13.1. The van der Waals surface area contributed by atoms with Gasteiger partial charge in [0.15, 0.2) is 0 Å². The van der Waals surface area contributed by atoms with E-state index in [4.69, 9.17) is 0 Å². The Labute approximate surface area is 197 Å². The molecule has 172 valence electrons. The van der Waals surface area contributed by atoms with Crippen molar-refractivity contribution in [2.45, 2.75) is 53.1 Å². The number of carbonyl (C=O) groups is 2. The molecule has 0 aliphatic heterocycles. The lowest BCUT2D eigenvalue weighted by Crippen LogP contribution is -2.31. The average Bonchev–Trinajstić information content (AvgIpc) is 2.79. The number of hydrogen-bond donors (Lipinski definition) is 1. The summed E-state index contributed by atoms with van der Waals surface area (Å²) in [6.07, 6.45) is 0.794. The topological polar surface area (TPSA) is 49.4 Å². The molecule has 0 bridgehead atoms. The molecular formula is C29H34N2O2. The number of carbonyl (C=O) groups excluding carboxylic acids is 2. The van der Waals surface area contributed by atoms with Crippen molar-refractivity contribution in [3.8, 4) is 0 Å². The molecule has 0 aliphatic rings. The fourth-order valence-electron chi connectivity index (χ4n) is 3.84. The number of benzene rings is 3. The number of anilines is 1. The quantitative estimate of drug-likeness (QED) is 0.442. The first-order valence-electron chi connectivity index (χ1n) is 11.6. The van der Waals surface area contributed by atoms with Crippen LogP contribution in [0.1, 0.15) is 55.5 Å². The summed E-state index contributed by atoms with van der Waals surface area (Å²) < 4.78 is 0. The molecule has 0 heterocycles. The highest BCUT2D eigenvalue weighted by molar-refractivity contribution is 5.93. The SMILES string of the molecule is Cc1ccccc1CN(C(=O)CC(C)C)c1ccc(CC(=O)N[C@H](C)c2ccccc2)cc1. The molecule has 0 unspecified atom stereocenters. The van der Waals surface area contributed by atoms with Crippen LogP contribution in [0.4, 0.5) is 5.69 Å². The number of rotatable bonds is 9. The third kappa shape index (κ3) is 7.04. The molecule has 0 saturated carbocycles. The van der Waals surface area contributed by atoms with E-state index >= 15 is 0 Å². The van der Waals surface area contributed by atoms with E-state index < -0.39 is 0 Å². The third-order valence-corrected chi connectivity index (χ3v) is 5.76. The molecule has 3 rings (SSSR count). The van der Waals surface area contributed by atoms with Gasteiger partial charge in [-0.15, -0.1) is 0 Å². The minimum absolute atomic E-state index is 0.0215. The summed E-state index contributed by atoms with van der Waals surface area (Å²) in [7, 11) is 0. The molecule has 3 aromatic rings. The highest BCUT2D eigenvalue weighted by Gasteiger charge is 2.18. The van der Waals surface area contributed by atoms with Crippen molar-refractivity contribution in [3.05, 3.63) is 101 Å². The lowest BCUT2D eigenvalue weighted by atomic mass is 10.0. The molecule has 3 aromatic carbocycles. The average molecular weight is 443 g/mol. The van der Waals surface area contributed by atoms with Gasteiger partial charge >= 0.3 is 0 Å². The van der Waals surface area contributed by atoms with E-state index in [1.807, 2.05) is 78.6 Å². The summed E-state index contributed by atoms with van der Waals surface area (Å²) in [5, 5.41) is 3.06. The Kier molecular flexibility index (Phi) is 8.42. The maximum Gasteiger partial charge on any atom is 0.227 e. The number of nitrogens with one attached hydrogen (secondary N) is 1. The van der Waals surface area contributed by atoms with E-state index in [1.165, 1.54) is 5.56 Å². The van der Waals surface area contributed by atoms with Crippen molar-refractivity contribution in [1.82, 2.24) is 5.32 Å². The Morgan fingerprint density at radius 1 is 0.848 bits per heavy atom. The molecule has 0 aliphatic carbocycles.